The number of rotatable bonds is 5. The van der Waals surface area contributed by atoms with Crippen molar-refractivity contribution in [2.45, 2.75) is 55.2 Å². The Balaban J connectivity index is 1.51. The monoisotopic (exact) mass is 392 g/mol. The zero-order chi connectivity index (χ0) is 14.5. The van der Waals surface area contributed by atoms with Crippen LogP contribution in [0, 0.1) is 17.8 Å². The number of Topliss-reactive ketones (excluding diaryl/α,β-unsaturated/α-hetero) is 1. The van der Waals surface area contributed by atoms with E-state index in [0.29, 0.717) is 30.6 Å². The van der Waals surface area contributed by atoms with Gasteiger partial charge < -0.3 is 9.47 Å². The van der Waals surface area contributed by atoms with Crippen LogP contribution in [0.25, 0.3) is 0 Å². The van der Waals surface area contributed by atoms with Gasteiger partial charge in [0.2, 0.25) is 0 Å². The van der Waals surface area contributed by atoms with Crippen molar-refractivity contribution in [2.24, 2.45) is 17.8 Å². The molecule has 3 aliphatic rings. The van der Waals surface area contributed by atoms with Gasteiger partial charge in [0.25, 0.3) is 0 Å². The average Bonchev–Trinajstić information content (AvgIpc) is 3.02. The molecule has 1 saturated carbocycles. The quantitative estimate of drug-likeness (QED) is 0.410. The Morgan fingerprint density at radius 2 is 2.30 bits per heavy atom. The van der Waals surface area contributed by atoms with E-state index in [0.717, 1.165) is 19.3 Å². The van der Waals surface area contributed by atoms with E-state index in [9.17, 15) is 9.59 Å². The molecule has 0 aromatic carbocycles. The number of ketones is 1. The summed E-state index contributed by atoms with van der Waals surface area (Å²) in [5.74, 6) is 1.19. The first-order chi connectivity index (χ1) is 9.44. The molecule has 5 heteroatoms. The van der Waals surface area contributed by atoms with Crippen LogP contribution < -0.4 is 0 Å². The van der Waals surface area contributed by atoms with Crippen molar-refractivity contribution in [1.82, 2.24) is 0 Å². The summed E-state index contributed by atoms with van der Waals surface area (Å²) in [6, 6.07) is 0. The van der Waals surface area contributed by atoms with Crippen molar-refractivity contribution in [2.75, 3.05) is 6.61 Å². The topological polar surface area (TPSA) is 52.6 Å². The maximum absolute atomic E-state index is 11.9. The van der Waals surface area contributed by atoms with E-state index in [4.69, 9.17) is 9.47 Å². The predicted octanol–water partition coefficient (Wildman–Crippen LogP) is 2.52. The Bertz CT molecular complexity index is 434. The molecule has 0 aromatic heterocycles. The molecule has 3 fully saturated rings. The van der Waals surface area contributed by atoms with Crippen LogP contribution in [0.3, 0.4) is 0 Å². The van der Waals surface area contributed by atoms with Crippen LogP contribution in [0.5, 0.6) is 0 Å². The summed E-state index contributed by atoms with van der Waals surface area (Å²) in [5.41, 5.74) is 0. The molecular weight excluding hydrogens is 371 g/mol. The Morgan fingerprint density at radius 1 is 1.55 bits per heavy atom. The number of hydrogen-bond donors (Lipinski definition) is 0. The lowest BCUT2D eigenvalue weighted by atomic mass is 9.78. The first-order valence-electron chi connectivity index (χ1n) is 7.48. The van der Waals surface area contributed by atoms with Crippen molar-refractivity contribution in [1.29, 1.82) is 0 Å². The molecule has 2 bridgehead atoms. The van der Waals surface area contributed by atoms with Crippen LogP contribution in [-0.2, 0) is 19.1 Å². The Hall–Kier alpha value is -0.170. The fourth-order valence-corrected chi connectivity index (χ4v) is 4.04. The molecule has 6 unspecified atom stereocenters. The van der Waals surface area contributed by atoms with Crippen molar-refractivity contribution in [3.63, 3.8) is 0 Å². The molecule has 20 heavy (non-hydrogen) atoms. The third-order valence-electron chi connectivity index (χ3n) is 5.29. The van der Waals surface area contributed by atoms with E-state index >= 15 is 0 Å². The zero-order valence-electron chi connectivity index (χ0n) is 11.9. The van der Waals surface area contributed by atoms with Crippen LogP contribution in [0.1, 0.15) is 39.5 Å². The molecule has 0 N–H and O–H groups in total. The number of hydrogen-bond acceptors (Lipinski definition) is 4. The van der Waals surface area contributed by atoms with Gasteiger partial charge in [-0.3, -0.25) is 9.59 Å². The van der Waals surface area contributed by atoms with Gasteiger partial charge in [0, 0.05) is 12.3 Å². The zero-order valence-corrected chi connectivity index (χ0v) is 14.1. The first-order valence-corrected chi connectivity index (χ1v) is 8.56. The maximum atomic E-state index is 11.9. The van der Waals surface area contributed by atoms with Gasteiger partial charge in [-0.2, -0.15) is 0 Å². The molecule has 3 rings (SSSR count). The van der Waals surface area contributed by atoms with E-state index in [-0.39, 0.29) is 24.1 Å². The number of fused-ring (bicyclic) bond motifs is 1. The van der Waals surface area contributed by atoms with E-state index < -0.39 is 3.42 Å². The lowest BCUT2D eigenvalue weighted by molar-refractivity contribution is -0.146. The number of carbonyl (C=O) groups excluding carboxylic acids is 2. The highest BCUT2D eigenvalue weighted by molar-refractivity contribution is 14.1. The summed E-state index contributed by atoms with van der Waals surface area (Å²) in [6.07, 6.45) is 3.54. The molecule has 6 atom stereocenters. The van der Waals surface area contributed by atoms with Crippen LogP contribution in [-0.4, -0.2) is 34.0 Å². The third-order valence-corrected chi connectivity index (χ3v) is 6.49. The van der Waals surface area contributed by atoms with Gasteiger partial charge in [-0.25, -0.2) is 0 Å². The molecular formula is C15H21IO4. The second kappa shape index (κ2) is 5.23. The molecule has 4 nitrogen and oxygen atoms in total. The molecule has 112 valence electrons. The second-order valence-electron chi connectivity index (χ2n) is 6.46. The van der Waals surface area contributed by atoms with Crippen molar-refractivity contribution in [3.05, 3.63) is 0 Å². The van der Waals surface area contributed by atoms with Gasteiger partial charge in [-0.1, -0.05) is 29.5 Å². The summed E-state index contributed by atoms with van der Waals surface area (Å²) in [5, 5.41) is 0. The van der Waals surface area contributed by atoms with Gasteiger partial charge in [-0.15, -0.1) is 0 Å². The fourth-order valence-electron chi connectivity index (χ4n) is 3.88. The van der Waals surface area contributed by atoms with E-state index in [2.05, 4.69) is 22.6 Å². The fraction of sp³-hybridized carbons (Fsp3) is 0.867. The minimum atomic E-state index is -0.433. The van der Waals surface area contributed by atoms with Gasteiger partial charge in [-0.05, 0) is 38.0 Å². The highest BCUT2D eigenvalue weighted by Crippen LogP contribution is 2.54. The molecule has 0 amide bonds. The lowest BCUT2D eigenvalue weighted by Crippen LogP contribution is -2.32. The summed E-state index contributed by atoms with van der Waals surface area (Å²) in [7, 11) is 0. The lowest BCUT2D eigenvalue weighted by Gasteiger charge is -2.24. The third kappa shape index (κ3) is 2.30. The average molecular weight is 392 g/mol. The van der Waals surface area contributed by atoms with E-state index in [1.54, 1.807) is 0 Å². The maximum Gasteiger partial charge on any atom is 0.321 e. The van der Waals surface area contributed by atoms with Crippen molar-refractivity contribution in [3.8, 4) is 0 Å². The number of halogens is 1. The smallest absolute Gasteiger partial charge is 0.321 e. The molecule has 1 aliphatic carbocycles. The summed E-state index contributed by atoms with van der Waals surface area (Å²) in [6.45, 7) is 4.34. The summed E-state index contributed by atoms with van der Waals surface area (Å²) >= 11 is 2.15. The number of carbonyl (C=O) groups is 2. The van der Waals surface area contributed by atoms with Gasteiger partial charge >= 0.3 is 5.97 Å². The van der Waals surface area contributed by atoms with E-state index in [1.807, 2.05) is 13.8 Å². The Labute approximate surface area is 133 Å². The normalized spacial score (nSPS) is 41.0. The predicted molar refractivity (Wildman–Crippen MR) is 81.7 cm³/mol. The molecule has 0 spiro atoms. The van der Waals surface area contributed by atoms with Crippen molar-refractivity contribution < 1.29 is 19.1 Å². The van der Waals surface area contributed by atoms with Crippen LogP contribution >= 0.6 is 22.6 Å². The van der Waals surface area contributed by atoms with E-state index in [1.165, 1.54) is 0 Å². The van der Waals surface area contributed by atoms with Crippen LogP contribution in [0.15, 0.2) is 0 Å². The Kier molecular flexibility index (Phi) is 3.86. The highest BCUT2D eigenvalue weighted by atomic mass is 127. The standard InChI is InChI=1S/C15H21IO4/c1-3-15(2,16)14(18)19-5-4-8-9-6-11(17)10-7-12(8)20-13(9)10/h8-10,12-13H,3-7H2,1-2H3. The largest absolute Gasteiger partial charge is 0.465 e. The Morgan fingerprint density at radius 3 is 3.00 bits per heavy atom. The van der Waals surface area contributed by atoms with Gasteiger partial charge in [0.05, 0.1) is 18.8 Å². The summed E-state index contributed by atoms with van der Waals surface area (Å²) in [4.78, 5) is 23.8. The first kappa shape index (κ1) is 14.8. The molecule has 2 aliphatic heterocycles. The number of esters is 1. The molecule has 0 radical (unpaired) electrons. The minimum Gasteiger partial charge on any atom is -0.465 e. The molecule has 2 saturated heterocycles. The van der Waals surface area contributed by atoms with Crippen molar-refractivity contribution >= 4 is 34.3 Å². The van der Waals surface area contributed by atoms with Gasteiger partial charge in [0.1, 0.15) is 9.20 Å². The SMILES string of the molecule is CCC(C)(I)C(=O)OCCC1C2CC3C(=O)CC1C3O2. The van der Waals surface area contributed by atoms with Crippen LogP contribution in [0.2, 0.25) is 0 Å². The molecule has 0 aromatic rings. The minimum absolute atomic E-state index is 0.134. The van der Waals surface area contributed by atoms with Gasteiger partial charge in [0.15, 0.2) is 0 Å². The van der Waals surface area contributed by atoms with Crippen LogP contribution in [0.4, 0.5) is 0 Å². The second-order valence-corrected chi connectivity index (χ2v) is 8.84. The molecule has 2 heterocycles. The number of ether oxygens (including phenoxy) is 2. The highest BCUT2D eigenvalue weighted by Gasteiger charge is 2.60. The summed E-state index contributed by atoms with van der Waals surface area (Å²) < 4.78 is 10.9. The number of alkyl halides is 1.